The lowest BCUT2D eigenvalue weighted by Crippen LogP contribution is -2.36. The molecule has 0 fully saturated rings. The van der Waals surface area contributed by atoms with Gasteiger partial charge in [0.2, 0.25) is 0 Å². The summed E-state index contributed by atoms with van der Waals surface area (Å²) in [4.78, 5) is 0. The second kappa shape index (κ2) is 7.67. The fraction of sp³-hybridized carbons (Fsp3) is 0.438. The van der Waals surface area contributed by atoms with E-state index in [0.717, 1.165) is 0 Å². The molecule has 0 radical (unpaired) electrons. The van der Waals surface area contributed by atoms with Crippen LogP contribution in [0.1, 0.15) is 31.6 Å². The summed E-state index contributed by atoms with van der Waals surface area (Å²) in [5.41, 5.74) is 0.510. The molecule has 3 atom stereocenters. The molecule has 8 heteroatoms. The first-order valence-electron chi connectivity index (χ1n) is 7.52. The fourth-order valence-corrected chi connectivity index (χ4v) is 2.23. The predicted octanol–water partition coefficient (Wildman–Crippen LogP) is 3.05. The van der Waals surface area contributed by atoms with E-state index in [4.69, 9.17) is 0 Å². The van der Waals surface area contributed by atoms with Gasteiger partial charge in [-0.2, -0.15) is 5.10 Å². The molecule has 5 nitrogen and oxygen atoms in total. The van der Waals surface area contributed by atoms with Gasteiger partial charge in [-0.3, -0.25) is 4.68 Å². The van der Waals surface area contributed by atoms with Gasteiger partial charge in [-0.1, -0.05) is 12.1 Å². The number of alkyl halides is 3. The van der Waals surface area contributed by atoms with Gasteiger partial charge in [0, 0.05) is 25.0 Å². The molecule has 0 aliphatic carbocycles. The minimum Gasteiger partial charge on any atom is -0.406 e. The number of halogens is 3. The van der Waals surface area contributed by atoms with Gasteiger partial charge in [0.25, 0.3) is 0 Å². The Bertz CT molecular complexity index is 614. The molecule has 2 rings (SSSR count). The molecular weight excluding hydrogens is 323 g/mol. The average molecular weight is 343 g/mol. The van der Waals surface area contributed by atoms with Gasteiger partial charge in [-0.15, -0.1) is 13.2 Å². The quantitative estimate of drug-likeness (QED) is 0.811. The van der Waals surface area contributed by atoms with E-state index in [1.165, 1.54) is 24.3 Å². The largest absolute Gasteiger partial charge is 0.573 e. The number of aromatic nitrogens is 2. The van der Waals surface area contributed by atoms with E-state index < -0.39 is 12.5 Å². The van der Waals surface area contributed by atoms with Gasteiger partial charge >= 0.3 is 6.36 Å². The van der Waals surface area contributed by atoms with Gasteiger partial charge < -0.3 is 15.2 Å². The van der Waals surface area contributed by atoms with Crippen LogP contribution in [0.3, 0.4) is 0 Å². The normalized spacial score (nSPS) is 15.8. The van der Waals surface area contributed by atoms with Crippen molar-refractivity contribution in [3.05, 3.63) is 48.3 Å². The first kappa shape index (κ1) is 18.3. The maximum Gasteiger partial charge on any atom is 0.573 e. The Morgan fingerprint density at radius 1 is 1.25 bits per heavy atom. The van der Waals surface area contributed by atoms with Crippen molar-refractivity contribution in [2.24, 2.45) is 0 Å². The highest BCUT2D eigenvalue weighted by Crippen LogP contribution is 2.24. The molecule has 0 amide bonds. The molecule has 0 bridgehead atoms. The van der Waals surface area contributed by atoms with Crippen LogP contribution < -0.4 is 10.1 Å². The molecule has 0 spiro atoms. The molecule has 2 N–H and O–H groups in total. The van der Waals surface area contributed by atoms with E-state index in [2.05, 4.69) is 15.2 Å². The Hall–Kier alpha value is -2.06. The molecule has 0 saturated heterocycles. The number of rotatable bonds is 7. The Morgan fingerprint density at radius 3 is 2.46 bits per heavy atom. The number of ether oxygens (including phenoxy) is 1. The van der Waals surface area contributed by atoms with E-state index in [9.17, 15) is 18.3 Å². The summed E-state index contributed by atoms with van der Waals surface area (Å²) in [5.74, 6) is -0.313. The number of nitrogens with one attached hydrogen (secondary N) is 1. The Morgan fingerprint density at radius 2 is 1.92 bits per heavy atom. The predicted molar refractivity (Wildman–Crippen MR) is 82.5 cm³/mol. The number of benzene rings is 1. The molecule has 1 aromatic heterocycles. The third-order valence-corrected chi connectivity index (χ3v) is 3.80. The van der Waals surface area contributed by atoms with Crippen LogP contribution in [0.4, 0.5) is 13.2 Å². The number of aliphatic hydroxyl groups is 1. The summed E-state index contributed by atoms with van der Waals surface area (Å²) in [6, 6.07) is 7.17. The zero-order valence-corrected chi connectivity index (χ0v) is 13.4. The van der Waals surface area contributed by atoms with Crippen LogP contribution in [-0.2, 0) is 0 Å². The van der Waals surface area contributed by atoms with Crippen LogP contribution in [0.2, 0.25) is 0 Å². The highest BCUT2D eigenvalue weighted by Gasteiger charge is 2.31. The molecule has 0 saturated carbocycles. The van der Waals surface area contributed by atoms with Crippen molar-refractivity contribution in [2.45, 2.75) is 38.4 Å². The molecule has 2 aromatic rings. The second-order valence-electron chi connectivity index (χ2n) is 5.56. The van der Waals surface area contributed by atoms with E-state index in [1.54, 1.807) is 6.20 Å². The lowest BCUT2D eigenvalue weighted by Gasteiger charge is -2.23. The van der Waals surface area contributed by atoms with Crippen molar-refractivity contribution in [1.82, 2.24) is 15.1 Å². The molecule has 1 heterocycles. The highest BCUT2D eigenvalue weighted by atomic mass is 19.4. The van der Waals surface area contributed by atoms with Gasteiger partial charge in [-0.05, 0) is 37.6 Å². The van der Waals surface area contributed by atoms with Crippen molar-refractivity contribution in [3.63, 3.8) is 0 Å². The second-order valence-corrected chi connectivity index (χ2v) is 5.56. The highest BCUT2D eigenvalue weighted by molar-refractivity contribution is 5.28. The lowest BCUT2D eigenvalue weighted by molar-refractivity contribution is -0.274. The van der Waals surface area contributed by atoms with Crippen LogP contribution in [0.5, 0.6) is 5.75 Å². The Labute approximate surface area is 138 Å². The third-order valence-electron chi connectivity index (χ3n) is 3.80. The van der Waals surface area contributed by atoms with Crippen molar-refractivity contribution in [2.75, 3.05) is 6.54 Å². The molecule has 0 aliphatic rings. The first-order chi connectivity index (χ1) is 11.3. The molecule has 132 valence electrons. The van der Waals surface area contributed by atoms with Crippen molar-refractivity contribution >= 4 is 0 Å². The van der Waals surface area contributed by atoms with E-state index in [1.807, 2.05) is 30.8 Å². The summed E-state index contributed by atoms with van der Waals surface area (Å²) in [5, 5.41) is 17.5. The lowest BCUT2D eigenvalue weighted by atomic mass is 10.1. The zero-order valence-electron chi connectivity index (χ0n) is 13.4. The standard InChI is InChI=1S/C16H20F3N3O2/c1-11(12(2)22-9-3-8-21-22)20-10-15(23)13-4-6-14(7-5-13)24-16(17,18)19/h3-9,11-12,15,20,23H,10H2,1-2H3/t11-,12-,15+/m0/s1. The molecule has 1 aromatic carbocycles. The van der Waals surface area contributed by atoms with Crippen LogP contribution in [0, 0.1) is 0 Å². The SMILES string of the molecule is C[C@H](NC[C@@H](O)c1ccc(OC(F)(F)F)cc1)[C@H](C)n1cccn1. The topological polar surface area (TPSA) is 59.3 Å². The number of hydrogen-bond acceptors (Lipinski definition) is 4. The van der Waals surface area contributed by atoms with Crippen molar-refractivity contribution in [3.8, 4) is 5.75 Å². The maximum atomic E-state index is 12.1. The van der Waals surface area contributed by atoms with E-state index >= 15 is 0 Å². The molecule has 0 aliphatic heterocycles. The van der Waals surface area contributed by atoms with Crippen LogP contribution >= 0.6 is 0 Å². The number of hydrogen-bond donors (Lipinski definition) is 2. The van der Waals surface area contributed by atoms with Gasteiger partial charge in [0.1, 0.15) is 5.75 Å². The fourth-order valence-electron chi connectivity index (χ4n) is 2.23. The molecule has 24 heavy (non-hydrogen) atoms. The van der Waals surface area contributed by atoms with Crippen LogP contribution in [0.25, 0.3) is 0 Å². The van der Waals surface area contributed by atoms with E-state index in [-0.39, 0.29) is 24.4 Å². The minimum atomic E-state index is -4.72. The maximum absolute atomic E-state index is 12.1. The Kier molecular flexibility index (Phi) is 5.84. The summed E-state index contributed by atoms with van der Waals surface area (Å²) >= 11 is 0. The van der Waals surface area contributed by atoms with Crippen molar-refractivity contribution in [1.29, 1.82) is 0 Å². The van der Waals surface area contributed by atoms with Gasteiger partial charge in [0.05, 0.1) is 12.1 Å². The molecule has 0 unspecified atom stereocenters. The van der Waals surface area contributed by atoms with Crippen molar-refractivity contribution < 1.29 is 23.0 Å². The summed E-state index contributed by atoms with van der Waals surface area (Å²) in [6.45, 7) is 4.24. The number of nitrogens with zero attached hydrogens (tertiary/aromatic N) is 2. The Balaban J connectivity index is 1.87. The minimum absolute atomic E-state index is 0.0485. The third kappa shape index (κ3) is 5.24. The van der Waals surface area contributed by atoms with E-state index in [0.29, 0.717) is 5.56 Å². The van der Waals surface area contributed by atoms with Gasteiger partial charge in [-0.25, -0.2) is 0 Å². The first-order valence-corrected chi connectivity index (χ1v) is 7.52. The average Bonchev–Trinajstić information content (AvgIpc) is 3.05. The van der Waals surface area contributed by atoms with Gasteiger partial charge in [0.15, 0.2) is 0 Å². The zero-order chi connectivity index (χ0) is 17.7. The summed E-state index contributed by atoms with van der Waals surface area (Å²) < 4.78 is 42.0. The summed E-state index contributed by atoms with van der Waals surface area (Å²) in [6.07, 6.45) is -2.00. The van der Waals surface area contributed by atoms with Crippen LogP contribution in [-0.4, -0.2) is 33.8 Å². The van der Waals surface area contributed by atoms with Crippen LogP contribution in [0.15, 0.2) is 42.7 Å². The number of aliphatic hydroxyl groups excluding tert-OH is 1. The summed E-state index contributed by atoms with van der Waals surface area (Å²) in [7, 11) is 0. The molecular formula is C16H20F3N3O2. The monoisotopic (exact) mass is 343 g/mol. The smallest absolute Gasteiger partial charge is 0.406 e.